The van der Waals surface area contributed by atoms with Crippen LogP contribution < -0.4 is 5.32 Å². The van der Waals surface area contributed by atoms with E-state index in [1.807, 2.05) is 54.8 Å². The summed E-state index contributed by atoms with van der Waals surface area (Å²) in [5.74, 6) is -2.08. The van der Waals surface area contributed by atoms with E-state index in [0.29, 0.717) is 17.9 Å². The molecule has 3 amide bonds. The number of imide groups is 1. The fourth-order valence-corrected chi connectivity index (χ4v) is 6.97. The molecule has 0 spiro atoms. The molecule has 3 aliphatic carbocycles. The van der Waals surface area contributed by atoms with Crippen molar-refractivity contribution in [3.8, 4) is 0 Å². The van der Waals surface area contributed by atoms with Crippen LogP contribution in [0.15, 0.2) is 72.8 Å². The van der Waals surface area contributed by atoms with Crippen LogP contribution >= 0.6 is 11.8 Å². The Morgan fingerprint density at radius 1 is 0.895 bits per heavy atom. The molecule has 0 saturated carbocycles. The lowest BCUT2D eigenvalue weighted by molar-refractivity contribution is -0.384. The van der Waals surface area contributed by atoms with E-state index < -0.39 is 28.7 Å². The zero-order valence-electron chi connectivity index (χ0n) is 20.6. The van der Waals surface area contributed by atoms with Gasteiger partial charge < -0.3 is 5.32 Å². The molecule has 1 N–H and O–H groups in total. The van der Waals surface area contributed by atoms with Crippen LogP contribution in [0, 0.1) is 22.0 Å². The number of nitrogens with zero attached hydrogens (tertiary/aromatic N) is 2. The molecule has 7 rings (SSSR count). The van der Waals surface area contributed by atoms with Crippen molar-refractivity contribution in [2.24, 2.45) is 11.8 Å². The standard InChI is InChI=1S/C29H25N3O5S/c1-38-15-14-22(27(33)30-16-10-12-17(13-11-16)32(36)37)31-28(34)25-23-18-6-2-3-7-19(18)24(26(25)29(31)35)21-9-5-4-8-20(21)23/h2-13,22-26H,14-15H2,1H3,(H,30,33). The quantitative estimate of drug-likeness (QED) is 0.274. The van der Waals surface area contributed by atoms with Crippen LogP contribution in [0.3, 0.4) is 0 Å². The Labute approximate surface area is 223 Å². The van der Waals surface area contributed by atoms with Gasteiger partial charge in [-0.05, 0) is 52.8 Å². The first-order valence-corrected chi connectivity index (χ1v) is 13.9. The molecule has 9 heteroatoms. The SMILES string of the molecule is CSCCC(C(=O)Nc1ccc([N+](=O)[O-])cc1)N1C(=O)C2C3c4ccccc4C(c4ccccc43)C2C1=O. The number of thioether (sulfide) groups is 1. The molecular weight excluding hydrogens is 502 g/mol. The first-order valence-electron chi connectivity index (χ1n) is 12.5. The minimum atomic E-state index is -0.978. The zero-order valence-corrected chi connectivity index (χ0v) is 21.4. The maximum atomic E-state index is 14.1. The lowest BCUT2D eigenvalue weighted by Gasteiger charge is -2.45. The lowest BCUT2D eigenvalue weighted by Crippen LogP contribution is -2.48. The van der Waals surface area contributed by atoms with E-state index in [1.165, 1.54) is 40.9 Å². The summed E-state index contributed by atoms with van der Waals surface area (Å²) < 4.78 is 0. The van der Waals surface area contributed by atoms with Gasteiger partial charge in [0.25, 0.3) is 5.69 Å². The van der Waals surface area contributed by atoms with Crippen molar-refractivity contribution < 1.29 is 19.3 Å². The molecule has 1 aliphatic heterocycles. The van der Waals surface area contributed by atoms with Gasteiger partial charge in [-0.3, -0.25) is 29.4 Å². The largest absolute Gasteiger partial charge is 0.324 e. The molecule has 3 aromatic rings. The smallest absolute Gasteiger partial charge is 0.269 e. The van der Waals surface area contributed by atoms with Crippen LogP contribution in [0.25, 0.3) is 0 Å². The minimum absolute atomic E-state index is 0.0921. The Morgan fingerprint density at radius 3 is 1.79 bits per heavy atom. The summed E-state index contributed by atoms with van der Waals surface area (Å²) in [6.45, 7) is 0. The molecule has 3 atom stereocenters. The number of nitro groups is 1. The first-order chi connectivity index (χ1) is 18.4. The van der Waals surface area contributed by atoms with Crippen molar-refractivity contribution in [2.45, 2.75) is 24.3 Å². The maximum Gasteiger partial charge on any atom is 0.269 e. The van der Waals surface area contributed by atoms with E-state index in [2.05, 4.69) is 5.32 Å². The van der Waals surface area contributed by atoms with Gasteiger partial charge in [-0.1, -0.05) is 48.5 Å². The molecule has 3 unspecified atom stereocenters. The number of hydrogen-bond acceptors (Lipinski definition) is 6. The summed E-state index contributed by atoms with van der Waals surface area (Å²) in [5.41, 5.74) is 4.59. The zero-order chi connectivity index (χ0) is 26.6. The Kier molecular flexibility index (Phi) is 6.03. The highest BCUT2D eigenvalue weighted by Gasteiger charge is 2.62. The van der Waals surface area contributed by atoms with E-state index in [0.717, 1.165) is 22.3 Å². The third-order valence-corrected chi connectivity index (χ3v) is 8.68. The van der Waals surface area contributed by atoms with Crippen LogP contribution in [0.1, 0.15) is 40.5 Å². The van der Waals surface area contributed by atoms with Gasteiger partial charge in [-0.2, -0.15) is 11.8 Å². The number of anilines is 1. The van der Waals surface area contributed by atoms with Crippen LogP contribution in [-0.2, 0) is 14.4 Å². The number of carbonyl (C=O) groups is 3. The Morgan fingerprint density at radius 2 is 1.37 bits per heavy atom. The number of hydrogen-bond donors (Lipinski definition) is 1. The highest BCUT2D eigenvalue weighted by molar-refractivity contribution is 7.98. The van der Waals surface area contributed by atoms with Crippen molar-refractivity contribution >= 4 is 40.9 Å². The molecule has 1 fully saturated rings. The highest BCUT2D eigenvalue weighted by atomic mass is 32.2. The minimum Gasteiger partial charge on any atom is -0.324 e. The number of nitro benzene ring substituents is 1. The Balaban J connectivity index is 1.36. The van der Waals surface area contributed by atoms with Gasteiger partial charge in [0.05, 0.1) is 16.8 Å². The monoisotopic (exact) mass is 527 g/mol. The number of benzene rings is 3. The lowest BCUT2D eigenvalue weighted by atomic mass is 9.55. The second-order valence-electron chi connectivity index (χ2n) is 9.90. The Bertz CT molecular complexity index is 1360. The molecule has 8 nitrogen and oxygen atoms in total. The van der Waals surface area contributed by atoms with Crippen molar-refractivity contribution in [2.75, 3.05) is 17.3 Å². The third kappa shape index (κ3) is 3.64. The van der Waals surface area contributed by atoms with E-state index >= 15 is 0 Å². The fourth-order valence-electron chi connectivity index (χ4n) is 6.51. The van der Waals surface area contributed by atoms with E-state index in [1.54, 1.807) is 0 Å². The molecular formula is C29H25N3O5S. The maximum absolute atomic E-state index is 14.1. The molecule has 4 aliphatic rings. The first kappa shape index (κ1) is 24.4. The number of amides is 3. The van der Waals surface area contributed by atoms with Crippen LogP contribution in [0.5, 0.6) is 0 Å². The van der Waals surface area contributed by atoms with Crippen LogP contribution in [-0.4, -0.2) is 45.6 Å². The van der Waals surface area contributed by atoms with Crippen molar-refractivity contribution in [1.82, 2.24) is 4.90 Å². The summed E-state index contributed by atoms with van der Waals surface area (Å²) in [5, 5.41) is 13.8. The van der Waals surface area contributed by atoms with Gasteiger partial charge in [0.2, 0.25) is 17.7 Å². The molecule has 3 aromatic carbocycles. The van der Waals surface area contributed by atoms with E-state index in [4.69, 9.17) is 0 Å². The third-order valence-electron chi connectivity index (χ3n) is 8.04. The average Bonchev–Trinajstić information content (AvgIpc) is 3.19. The predicted molar refractivity (Wildman–Crippen MR) is 144 cm³/mol. The summed E-state index contributed by atoms with van der Waals surface area (Å²) in [6.07, 6.45) is 2.22. The molecule has 38 heavy (non-hydrogen) atoms. The fraction of sp³-hybridized carbons (Fsp3) is 0.276. The summed E-state index contributed by atoms with van der Waals surface area (Å²) in [6, 6.07) is 20.6. The summed E-state index contributed by atoms with van der Waals surface area (Å²) in [4.78, 5) is 53.4. The van der Waals surface area contributed by atoms with Gasteiger partial charge in [-0.15, -0.1) is 0 Å². The van der Waals surface area contributed by atoms with Gasteiger partial charge >= 0.3 is 0 Å². The number of nitrogens with one attached hydrogen (secondary N) is 1. The van der Waals surface area contributed by atoms with Gasteiger partial charge in [-0.25, -0.2) is 0 Å². The van der Waals surface area contributed by atoms with E-state index in [-0.39, 0.29) is 29.3 Å². The molecule has 0 aromatic heterocycles. The number of rotatable bonds is 7. The molecule has 1 saturated heterocycles. The number of carbonyl (C=O) groups excluding carboxylic acids is 3. The second kappa shape index (κ2) is 9.40. The predicted octanol–water partition coefficient (Wildman–Crippen LogP) is 4.55. The van der Waals surface area contributed by atoms with Crippen molar-refractivity contribution in [1.29, 1.82) is 0 Å². The molecule has 0 radical (unpaired) electrons. The van der Waals surface area contributed by atoms with Crippen LogP contribution in [0.4, 0.5) is 11.4 Å². The molecule has 192 valence electrons. The van der Waals surface area contributed by atoms with E-state index in [9.17, 15) is 24.5 Å². The second-order valence-corrected chi connectivity index (χ2v) is 10.9. The normalized spacial score (nSPS) is 23.4. The summed E-state index contributed by atoms with van der Waals surface area (Å²) >= 11 is 1.53. The van der Waals surface area contributed by atoms with Gasteiger partial charge in [0.15, 0.2) is 0 Å². The van der Waals surface area contributed by atoms with Crippen molar-refractivity contribution in [3.63, 3.8) is 0 Å². The molecule has 1 heterocycles. The average molecular weight is 528 g/mol. The van der Waals surface area contributed by atoms with Gasteiger partial charge in [0.1, 0.15) is 6.04 Å². The topological polar surface area (TPSA) is 110 Å². The molecule has 2 bridgehead atoms. The summed E-state index contributed by atoms with van der Waals surface area (Å²) in [7, 11) is 0. The van der Waals surface area contributed by atoms with Gasteiger partial charge in [0, 0.05) is 29.7 Å². The number of likely N-dealkylation sites (tertiary alicyclic amines) is 1. The highest BCUT2D eigenvalue weighted by Crippen LogP contribution is 2.61. The Hall–Kier alpha value is -3.98. The van der Waals surface area contributed by atoms with Crippen molar-refractivity contribution in [3.05, 3.63) is 105 Å². The van der Waals surface area contributed by atoms with Crippen LogP contribution in [0.2, 0.25) is 0 Å². The number of non-ortho nitro benzene ring substituents is 1.